The molecule has 1 heterocycles. The number of hydrogen-bond donors (Lipinski definition) is 2. The first-order chi connectivity index (χ1) is 17.2. The number of halogens is 1. The molecule has 5 rings (SSSR count). The summed E-state index contributed by atoms with van der Waals surface area (Å²) in [6.07, 6.45) is -1.69. The highest BCUT2D eigenvalue weighted by atomic mass is 19.1. The number of fused-ring (bicyclic) bond motifs is 3. The van der Waals surface area contributed by atoms with Gasteiger partial charge >= 0.3 is 0 Å². The number of benzene rings is 3. The molecule has 1 amide bonds. The number of rotatable bonds is 5. The molecule has 3 aromatic rings. The van der Waals surface area contributed by atoms with E-state index in [0.29, 0.717) is 16.9 Å². The summed E-state index contributed by atoms with van der Waals surface area (Å²) < 4.78 is 32.8. The lowest BCUT2D eigenvalue weighted by molar-refractivity contribution is -0.156. The van der Waals surface area contributed by atoms with Gasteiger partial charge in [-0.1, -0.05) is 42.5 Å². The van der Waals surface area contributed by atoms with Crippen LogP contribution in [0.3, 0.4) is 0 Å². The van der Waals surface area contributed by atoms with Crippen molar-refractivity contribution in [2.75, 3.05) is 28.3 Å². The molecule has 1 aliphatic heterocycles. The standard InChI is InChI=1S/C28H28FNO6/c1-30(2)26(32)22-23(16-8-6-5-7-9-16)28(17-10-12-18(34-3)13-11-17)27(33,25(22)31)24-20(29)14-19(35-4)15-21(24)36-28/h5-15,22-23,25,31,33H,1-4H3/t22-,23-,25-,27+,28+/m1/s1. The van der Waals surface area contributed by atoms with Gasteiger partial charge in [0.05, 0.1) is 25.7 Å². The van der Waals surface area contributed by atoms with Gasteiger partial charge in [0, 0.05) is 32.1 Å². The van der Waals surface area contributed by atoms with E-state index in [9.17, 15) is 15.0 Å². The maximum absolute atomic E-state index is 15.7. The lowest BCUT2D eigenvalue weighted by Gasteiger charge is -2.40. The zero-order valence-electron chi connectivity index (χ0n) is 20.4. The Hall–Kier alpha value is -3.62. The second-order valence-electron chi connectivity index (χ2n) is 9.41. The zero-order chi connectivity index (χ0) is 25.8. The smallest absolute Gasteiger partial charge is 0.228 e. The molecule has 36 heavy (non-hydrogen) atoms. The van der Waals surface area contributed by atoms with E-state index in [-0.39, 0.29) is 17.1 Å². The first-order valence-electron chi connectivity index (χ1n) is 11.6. The van der Waals surface area contributed by atoms with Crippen molar-refractivity contribution >= 4 is 5.91 Å². The van der Waals surface area contributed by atoms with Gasteiger partial charge in [-0.2, -0.15) is 0 Å². The molecular formula is C28H28FNO6. The first-order valence-corrected chi connectivity index (χ1v) is 11.6. The number of aliphatic hydroxyl groups is 2. The van der Waals surface area contributed by atoms with Crippen LogP contribution in [0.2, 0.25) is 0 Å². The number of carbonyl (C=O) groups excluding carboxylic acids is 1. The summed E-state index contributed by atoms with van der Waals surface area (Å²) in [6, 6.07) is 18.5. The van der Waals surface area contributed by atoms with Crippen LogP contribution in [0.5, 0.6) is 17.2 Å². The van der Waals surface area contributed by atoms with E-state index in [2.05, 4.69) is 0 Å². The summed E-state index contributed by atoms with van der Waals surface area (Å²) in [6.45, 7) is 0. The van der Waals surface area contributed by atoms with E-state index in [0.717, 1.165) is 6.07 Å². The summed E-state index contributed by atoms with van der Waals surface area (Å²) in [5, 5.41) is 24.3. The Balaban J connectivity index is 1.87. The monoisotopic (exact) mass is 493 g/mol. The molecule has 0 spiro atoms. The minimum Gasteiger partial charge on any atom is -0.497 e. The van der Waals surface area contributed by atoms with Crippen LogP contribution in [0.25, 0.3) is 0 Å². The Labute approximate surface area is 208 Å². The molecule has 3 aromatic carbocycles. The summed E-state index contributed by atoms with van der Waals surface area (Å²) >= 11 is 0. The van der Waals surface area contributed by atoms with E-state index in [1.54, 1.807) is 38.4 Å². The minimum absolute atomic E-state index is 0.0425. The molecule has 0 unspecified atom stereocenters. The summed E-state index contributed by atoms with van der Waals surface area (Å²) in [7, 11) is 6.09. The van der Waals surface area contributed by atoms with Crippen molar-refractivity contribution in [3.63, 3.8) is 0 Å². The van der Waals surface area contributed by atoms with Crippen molar-refractivity contribution in [2.45, 2.75) is 23.2 Å². The van der Waals surface area contributed by atoms with Crippen molar-refractivity contribution in [1.29, 1.82) is 0 Å². The van der Waals surface area contributed by atoms with Crippen molar-refractivity contribution in [3.8, 4) is 17.2 Å². The van der Waals surface area contributed by atoms with Crippen molar-refractivity contribution in [1.82, 2.24) is 4.90 Å². The fraction of sp³-hybridized carbons (Fsp3) is 0.321. The lowest BCUT2D eigenvalue weighted by atomic mass is 9.70. The number of carbonyl (C=O) groups is 1. The fourth-order valence-electron chi connectivity index (χ4n) is 5.90. The Morgan fingerprint density at radius 2 is 1.64 bits per heavy atom. The topological polar surface area (TPSA) is 88.5 Å². The van der Waals surface area contributed by atoms with Crippen LogP contribution < -0.4 is 14.2 Å². The highest BCUT2D eigenvalue weighted by Crippen LogP contribution is 2.69. The highest BCUT2D eigenvalue weighted by molar-refractivity contribution is 5.82. The van der Waals surface area contributed by atoms with Gasteiger partial charge in [-0.3, -0.25) is 4.79 Å². The largest absolute Gasteiger partial charge is 0.497 e. The molecule has 1 aliphatic carbocycles. The predicted molar refractivity (Wildman–Crippen MR) is 130 cm³/mol. The SMILES string of the molecule is COc1ccc([C@@]23Oc4cc(OC)cc(F)c4[C@]2(O)[C@H](O)[C@H](C(=O)N(C)C)[C@H]3c2ccccc2)cc1. The van der Waals surface area contributed by atoms with Gasteiger partial charge in [0.2, 0.25) is 5.91 Å². The van der Waals surface area contributed by atoms with Gasteiger partial charge in [-0.15, -0.1) is 0 Å². The van der Waals surface area contributed by atoms with E-state index in [1.165, 1.54) is 25.2 Å². The van der Waals surface area contributed by atoms with Crippen LogP contribution in [-0.4, -0.2) is 55.4 Å². The normalized spacial score (nSPS) is 28.1. The van der Waals surface area contributed by atoms with Gasteiger partial charge in [0.1, 0.15) is 29.2 Å². The zero-order valence-corrected chi connectivity index (χ0v) is 20.4. The van der Waals surface area contributed by atoms with E-state index in [1.807, 2.05) is 30.3 Å². The quantitative estimate of drug-likeness (QED) is 0.568. The molecule has 2 N–H and O–H groups in total. The number of hydrogen-bond acceptors (Lipinski definition) is 6. The number of nitrogens with zero attached hydrogens (tertiary/aromatic N) is 1. The number of aliphatic hydroxyl groups excluding tert-OH is 1. The van der Waals surface area contributed by atoms with E-state index < -0.39 is 40.9 Å². The highest BCUT2D eigenvalue weighted by Gasteiger charge is 2.78. The summed E-state index contributed by atoms with van der Waals surface area (Å²) in [4.78, 5) is 14.9. The second kappa shape index (κ2) is 8.50. The van der Waals surface area contributed by atoms with Gasteiger partial charge in [0.25, 0.3) is 0 Å². The number of ether oxygens (including phenoxy) is 3. The van der Waals surface area contributed by atoms with Crippen LogP contribution in [0.1, 0.15) is 22.6 Å². The molecule has 188 valence electrons. The molecule has 2 aliphatic rings. The van der Waals surface area contributed by atoms with Gasteiger partial charge in [0.15, 0.2) is 11.2 Å². The Bertz CT molecular complexity index is 1300. The van der Waals surface area contributed by atoms with Crippen LogP contribution in [0.15, 0.2) is 66.7 Å². The Morgan fingerprint density at radius 3 is 2.22 bits per heavy atom. The molecule has 0 bridgehead atoms. The molecule has 8 heteroatoms. The predicted octanol–water partition coefficient (Wildman–Crippen LogP) is 3.18. The van der Waals surface area contributed by atoms with Crippen molar-refractivity contribution < 1.29 is 33.6 Å². The average molecular weight is 494 g/mol. The van der Waals surface area contributed by atoms with Crippen molar-refractivity contribution in [2.24, 2.45) is 5.92 Å². The second-order valence-corrected chi connectivity index (χ2v) is 9.41. The summed E-state index contributed by atoms with van der Waals surface area (Å²) in [5.41, 5.74) is -3.14. The minimum atomic E-state index is -2.30. The maximum atomic E-state index is 15.7. The molecule has 0 saturated heterocycles. The third-order valence-corrected chi connectivity index (χ3v) is 7.45. The van der Waals surface area contributed by atoms with Gasteiger partial charge < -0.3 is 29.3 Å². The van der Waals surface area contributed by atoms with Crippen LogP contribution >= 0.6 is 0 Å². The van der Waals surface area contributed by atoms with Crippen LogP contribution in [0, 0.1) is 11.7 Å². The Morgan fingerprint density at radius 1 is 1.00 bits per heavy atom. The molecule has 1 fully saturated rings. The Kier molecular flexibility index (Phi) is 5.69. The average Bonchev–Trinajstić information content (AvgIpc) is 3.26. The van der Waals surface area contributed by atoms with E-state index >= 15 is 4.39 Å². The summed E-state index contributed by atoms with van der Waals surface area (Å²) in [5.74, 6) is -2.41. The first kappa shape index (κ1) is 24.1. The molecule has 0 radical (unpaired) electrons. The van der Waals surface area contributed by atoms with Gasteiger partial charge in [-0.25, -0.2) is 4.39 Å². The molecule has 7 nitrogen and oxygen atoms in total. The third kappa shape index (κ3) is 3.07. The maximum Gasteiger partial charge on any atom is 0.228 e. The van der Waals surface area contributed by atoms with Crippen molar-refractivity contribution in [3.05, 3.63) is 89.2 Å². The molecule has 0 aromatic heterocycles. The number of amides is 1. The van der Waals surface area contributed by atoms with Crippen LogP contribution in [0.4, 0.5) is 4.39 Å². The van der Waals surface area contributed by atoms with E-state index in [4.69, 9.17) is 14.2 Å². The fourth-order valence-corrected chi connectivity index (χ4v) is 5.90. The lowest BCUT2D eigenvalue weighted by Crippen LogP contribution is -2.52. The molecule has 1 saturated carbocycles. The molecular weight excluding hydrogens is 465 g/mol. The molecule has 5 atom stereocenters. The van der Waals surface area contributed by atoms with Gasteiger partial charge in [-0.05, 0) is 23.3 Å². The van der Waals surface area contributed by atoms with Crippen LogP contribution in [-0.2, 0) is 16.0 Å². The number of methoxy groups -OCH3 is 2. The third-order valence-electron chi connectivity index (χ3n) is 7.45.